The van der Waals surface area contributed by atoms with Gasteiger partial charge >= 0.3 is 0 Å². The zero-order chi connectivity index (χ0) is 10.8. The molecule has 2 rings (SSSR count). The summed E-state index contributed by atoms with van der Waals surface area (Å²) in [5.74, 6) is 0. The lowest BCUT2D eigenvalue weighted by molar-refractivity contribution is 0.290. The third kappa shape index (κ3) is 2.47. The molecule has 1 N–H and O–H groups in total. The molecule has 1 aromatic heterocycles. The first kappa shape index (κ1) is 11.7. The molecule has 1 aliphatic carbocycles. The predicted octanol–water partition coefficient (Wildman–Crippen LogP) is 2.97. The average molecular weight is 382 g/mol. The van der Waals surface area contributed by atoms with Gasteiger partial charge in [-0.1, -0.05) is 44.6 Å². The minimum atomic E-state index is 0.241. The largest absolute Gasteiger partial charge is 0.395 e. The molecule has 0 aromatic carbocycles. The summed E-state index contributed by atoms with van der Waals surface area (Å²) in [6, 6.07) is 2.15. The van der Waals surface area contributed by atoms with Gasteiger partial charge in [-0.3, -0.25) is 0 Å². The molecule has 2 nitrogen and oxygen atoms in total. The molecular weight excluding hydrogens is 369 g/mol. The Morgan fingerprint density at radius 2 is 2.40 bits per heavy atom. The van der Waals surface area contributed by atoms with Crippen molar-refractivity contribution in [3.8, 4) is 0 Å². The maximum Gasteiger partial charge on any atom is 0.0566 e. The zero-order valence-electron chi connectivity index (χ0n) is 8.29. The number of hydrogen-bond donors (Lipinski definition) is 1. The molecule has 4 heteroatoms. The third-order valence-electron chi connectivity index (χ3n) is 2.63. The Balaban J connectivity index is 2.24. The van der Waals surface area contributed by atoms with Crippen LogP contribution in [0.4, 0.5) is 0 Å². The molecule has 1 aliphatic rings. The molecule has 0 radical (unpaired) electrons. The van der Waals surface area contributed by atoms with Crippen LogP contribution in [0.3, 0.4) is 0 Å². The second-order valence-electron chi connectivity index (χ2n) is 3.70. The monoisotopic (exact) mass is 381 g/mol. The highest BCUT2D eigenvalue weighted by atomic mass is 127. The number of aliphatic hydroxyl groups is 1. The van der Waals surface area contributed by atoms with E-state index < -0.39 is 0 Å². The Bertz CT molecular complexity index is 386. The van der Waals surface area contributed by atoms with Gasteiger partial charge in [0.15, 0.2) is 0 Å². The SMILES string of the molecule is OC[C@@H](I)Cn1ccc2c1CCC=C2Br. The van der Waals surface area contributed by atoms with Crippen LogP contribution in [0.25, 0.3) is 4.48 Å². The number of aromatic nitrogens is 1. The first-order valence-corrected chi connectivity index (χ1v) is 7.05. The van der Waals surface area contributed by atoms with Crippen LogP contribution in [-0.2, 0) is 13.0 Å². The standard InChI is InChI=1S/C11H13BrINO/c12-10-2-1-3-11-9(10)4-5-14(11)6-8(13)7-15/h2,4-5,8,15H,1,3,6-7H2/t8-/m0/s1. The summed E-state index contributed by atoms with van der Waals surface area (Å²) < 4.78 is 3.76. The van der Waals surface area contributed by atoms with E-state index in [0.717, 1.165) is 19.4 Å². The lowest BCUT2D eigenvalue weighted by atomic mass is 10.1. The van der Waals surface area contributed by atoms with E-state index >= 15 is 0 Å². The van der Waals surface area contributed by atoms with Gasteiger partial charge in [0, 0.05) is 28.5 Å². The number of allylic oxidation sites excluding steroid dienone is 1. The van der Waals surface area contributed by atoms with E-state index in [-0.39, 0.29) is 6.61 Å². The van der Waals surface area contributed by atoms with E-state index in [9.17, 15) is 0 Å². The van der Waals surface area contributed by atoms with Gasteiger partial charge in [-0.25, -0.2) is 0 Å². The van der Waals surface area contributed by atoms with E-state index in [4.69, 9.17) is 5.11 Å². The Kier molecular flexibility index (Phi) is 3.90. The van der Waals surface area contributed by atoms with Crippen LogP contribution in [0.5, 0.6) is 0 Å². The van der Waals surface area contributed by atoms with Gasteiger partial charge < -0.3 is 9.67 Å². The van der Waals surface area contributed by atoms with Crippen molar-refractivity contribution >= 4 is 43.0 Å². The van der Waals surface area contributed by atoms with Gasteiger partial charge in [-0.05, 0) is 18.9 Å². The van der Waals surface area contributed by atoms with Gasteiger partial charge in [0.25, 0.3) is 0 Å². The number of rotatable bonds is 3. The van der Waals surface area contributed by atoms with Gasteiger partial charge in [-0.2, -0.15) is 0 Å². The molecule has 0 saturated heterocycles. The lowest BCUT2D eigenvalue weighted by Gasteiger charge is -2.16. The van der Waals surface area contributed by atoms with Crippen LogP contribution in [0.1, 0.15) is 17.7 Å². The summed E-state index contributed by atoms with van der Waals surface area (Å²) in [6.45, 7) is 1.14. The number of fused-ring (bicyclic) bond motifs is 1. The van der Waals surface area contributed by atoms with E-state index in [1.54, 1.807) is 0 Å². The van der Waals surface area contributed by atoms with E-state index in [0.29, 0.717) is 3.92 Å². The molecule has 0 aliphatic heterocycles. The first-order chi connectivity index (χ1) is 7.22. The molecule has 0 fully saturated rings. The Morgan fingerprint density at radius 3 is 3.13 bits per heavy atom. The van der Waals surface area contributed by atoms with Crippen LogP contribution in [0.15, 0.2) is 18.3 Å². The fourth-order valence-electron chi connectivity index (χ4n) is 1.89. The highest BCUT2D eigenvalue weighted by Gasteiger charge is 2.16. The van der Waals surface area contributed by atoms with E-state index in [2.05, 4.69) is 61.4 Å². The van der Waals surface area contributed by atoms with Crippen LogP contribution >= 0.6 is 38.5 Å². The van der Waals surface area contributed by atoms with Gasteiger partial charge in [0.2, 0.25) is 0 Å². The highest BCUT2D eigenvalue weighted by molar-refractivity contribution is 14.1. The van der Waals surface area contributed by atoms with E-state index in [1.807, 2.05) is 0 Å². The van der Waals surface area contributed by atoms with Gasteiger partial charge in [-0.15, -0.1) is 0 Å². The normalized spacial score (nSPS) is 17.1. The van der Waals surface area contributed by atoms with Crippen molar-refractivity contribution in [3.63, 3.8) is 0 Å². The van der Waals surface area contributed by atoms with Gasteiger partial charge in [0.05, 0.1) is 10.5 Å². The summed E-state index contributed by atoms with van der Waals surface area (Å²) in [5.41, 5.74) is 2.70. The second kappa shape index (κ2) is 5.01. The van der Waals surface area contributed by atoms with Crippen LogP contribution in [0.2, 0.25) is 0 Å². The highest BCUT2D eigenvalue weighted by Crippen LogP contribution is 2.31. The summed E-state index contributed by atoms with van der Waals surface area (Å²) in [4.78, 5) is 0. The summed E-state index contributed by atoms with van der Waals surface area (Å²) >= 11 is 5.87. The van der Waals surface area contributed by atoms with Crippen molar-refractivity contribution in [1.29, 1.82) is 0 Å². The van der Waals surface area contributed by atoms with Crippen molar-refractivity contribution in [1.82, 2.24) is 4.57 Å². The van der Waals surface area contributed by atoms with Crippen molar-refractivity contribution in [2.45, 2.75) is 23.3 Å². The molecule has 82 valence electrons. The first-order valence-electron chi connectivity index (χ1n) is 5.01. The van der Waals surface area contributed by atoms with Crippen molar-refractivity contribution in [3.05, 3.63) is 29.6 Å². The molecule has 0 spiro atoms. The second-order valence-corrected chi connectivity index (χ2v) is 6.31. The Hall–Kier alpha value is 0.190. The molecule has 0 unspecified atom stereocenters. The summed E-state index contributed by atoms with van der Waals surface area (Å²) in [6.07, 6.45) is 6.54. The Morgan fingerprint density at radius 1 is 1.60 bits per heavy atom. The molecule has 0 saturated carbocycles. The zero-order valence-corrected chi connectivity index (χ0v) is 12.0. The minimum absolute atomic E-state index is 0.241. The smallest absolute Gasteiger partial charge is 0.0566 e. The molecule has 0 amide bonds. The topological polar surface area (TPSA) is 25.2 Å². The third-order valence-corrected chi connectivity index (χ3v) is 4.17. The van der Waals surface area contributed by atoms with E-state index in [1.165, 1.54) is 15.7 Å². The Labute approximate surface area is 112 Å². The maximum absolute atomic E-state index is 9.05. The lowest BCUT2D eigenvalue weighted by Crippen LogP contribution is -2.15. The minimum Gasteiger partial charge on any atom is -0.395 e. The number of hydrogen-bond acceptors (Lipinski definition) is 1. The van der Waals surface area contributed by atoms with Crippen molar-refractivity contribution in [2.24, 2.45) is 0 Å². The maximum atomic E-state index is 9.05. The van der Waals surface area contributed by atoms with Crippen molar-refractivity contribution < 1.29 is 5.11 Å². The quantitative estimate of drug-likeness (QED) is 0.632. The fourth-order valence-corrected chi connectivity index (χ4v) is 2.90. The molecular formula is C11H13BrINO. The van der Waals surface area contributed by atoms with Crippen LogP contribution in [-0.4, -0.2) is 20.2 Å². The molecule has 1 aromatic rings. The molecule has 15 heavy (non-hydrogen) atoms. The molecule has 0 bridgehead atoms. The van der Waals surface area contributed by atoms with Crippen LogP contribution < -0.4 is 0 Å². The number of alkyl halides is 1. The number of halogens is 2. The number of aliphatic hydroxyl groups excluding tert-OH is 1. The van der Waals surface area contributed by atoms with Crippen LogP contribution in [0, 0.1) is 0 Å². The molecule has 1 atom stereocenters. The predicted molar refractivity (Wildman–Crippen MR) is 74.6 cm³/mol. The average Bonchev–Trinajstić information content (AvgIpc) is 2.63. The number of nitrogens with zero attached hydrogens (tertiary/aromatic N) is 1. The van der Waals surface area contributed by atoms with Gasteiger partial charge in [0.1, 0.15) is 0 Å². The summed E-state index contributed by atoms with van der Waals surface area (Å²) in [7, 11) is 0. The van der Waals surface area contributed by atoms with Crippen molar-refractivity contribution in [2.75, 3.05) is 6.61 Å². The summed E-state index contributed by atoms with van der Waals surface area (Å²) in [5, 5.41) is 9.05. The fraction of sp³-hybridized carbons (Fsp3) is 0.455. The molecule has 1 heterocycles.